The smallest absolute Gasteiger partial charge is 0.372 e. The second-order valence-electron chi connectivity index (χ2n) is 4.17. The Kier molecular flexibility index (Phi) is 6.03. The number of nitrogens with two attached hydrogens (primary N) is 1. The van der Waals surface area contributed by atoms with E-state index >= 15 is 0 Å². The van der Waals surface area contributed by atoms with E-state index in [0.29, 0.717) is 12.0 Å². The van der Waals surface area contributed by atoms with Crippen molar-refractivity contribution in [1.29, 1.82) is 0 Å². The Labute approximate surface area is 113 Å². The zero-order chi connectivity index (χ0) is 14.5. The Morgan fingerprint density at radius 3 is 2.58 bits per heavy atom. The molecular weight excluding hydrogens is 286 g/mol. The van der Waals surface area contributed by atoms with Crippen molar-refractivity contribution in [1.82, 2.24) is 0 Å². The third kappa shape index (κ3) is 6.75. The van der Waals surface area contributed by atoms with Crippen molar-refractivity contribution >= 4 is 11.6 Å². The van der Waals surface area contributed by atoms with Crippen molar-refractivity contribution < 1.29 is 22.3 Å². The SMILES string of the molecule is NC(CCOCC(F)(F)F)Cc1ccc(Cl)c(F)c1. The maximum absolute atomic E-state index is 13.1. The summed E-state index contributed by atoms with van der Waals surface area (Å²) < 4.78 is 53.0. The van der Waals surface area contributed by atoms with E-state index in [0.717, 1.165) is 0 Å². The summed E-state index contributed by atoms with van der Waals surface area (Å²) in [4.78, 5) is 0. The van der Waals surface area contributed by atoms with Crippen LogP contribution in [0.3, 0.4) is 0 Å². The molecule has 0 aliphatic rings. The highest BCUT2D eigenvalue weighted by Crippen LogP contribution is 2.17. The largest absolute Gasteiger partial charge is 0.411 e. The molecule has 0 aliphatic heterocycles. The van der Waals surface area contributed by atoms with Crippen molar-refractivity contribution in [2.24, 2.45) is 5.73 Å². The highest BCUT2D eigenvalue weighted by molar-refractivity contribution is 6.30. The molecular formula is C12H14ClF4NO. The highest BCUT2D eigenvalue weighted by Gasteiger charge is 2.27. The third-order valence-corrected chi connectivity index (χ3v) is 2.69. The number of alkyl halides is 3. The topological polar surface area (TPSA) is 35.2 Å². The van der Waals surface area contributed by atoms with Crippen LogP contribution in [0.4, 0.5) is 17.6 Å². The Morgan fingerprint density at radius 1 is 1.32 bits per heavy atom. The second-order valence-corrected chi connectivity index (χ2v) is 4.58. The van der Waals surface area contributed by atoms with Crippen LogP contribution in [-0.4, -0.2) is 25.4 Å². The van der Waals surface area contributed by atoms with Crippen molar-refractivity contribution in [2.75, 3.05) is 13.2 Å². The van der Waals surface area contributed by atoms with Crippen LogP contribution in [0.1, 0.15) is 12.0 Å². The molecule has 2 nitrogen and oxygen atoms in total. The molecule has 1 unspecified atom stereocenters. The van der Waals surface area contributed by atoms with Crippen LogP contribution in [0, 0.1) is 5.82 Å². The first kappa shape index (κ1) is 16.2. The quantitative estimate of drug-likeness (QED) is 0.646. The lowest BCUT2D eigenvalue weighted by molar-refractivity contribution is -0.174. The summed E-state index contributed by atoms with van der Waals surface area (Å²) in [6, 6.07) is 3.91. The van der Waals surface area contributed by atoms with Gasteiger partial charge in [0, 0.05) is 12.6 Å². The summed E-state index contributed by atoms with van der Waals surface area (Å²) in [5.41, 5.74) is 6.37. The van der Waals surface area contributed by atoms with E-state index in [4.69, 9.17) is 17.3 Å². The van der Waals surface area contributed by atoms with Gasteiger partial charge in [0.25, 0.3) is 0 Å². The van der Waals surface area contributed by atoms with Gasteiger partial charge in [0.05, 0.1) is 5.02 Å². The van der Waals surface area contributed by atoms with E-state index in [1.165, 1.54) is 12.1 Å². The Balaban J connectivity index is 2.31. The van der Waals surface area contributed by atoms with E-state index < -0.39 is 24.6 Å². The second kappa shape index (κ2) is 7.07. The van der Waals surface area contributed by atoms with E-state index in [2.05, 4.69) is 4.74 Å². The number of hydrogen-bond donors (Lipinski definition) is 1. The van der Waals surface area contributed by atoms with Gasteiger partial charge < -0.3 is 10.5 Å². The van der Waals surface area contributed by atoms with Gasteiger partial charge >= 0.3 is 6.18 Å². The summed E-state index contributed by atoms with van der Waals surface area (Å²) in [7, 11) is 0. The Hall–Kier alpha value is -0.850. The van der Waals surface area contributed by atoms with Gasteiger partial charge in [0.15, 0.2) is 0 Å². The van der Waals surface area contributed by atoms with E-state index in [9.17, 15) is 17.6 Å². The molecule has 108 valence electrons. The molecule has 2 N–H and O–H groups in total. The van der Waals surface area contributed by atoms with Crippen LogP contribution in [0.15, 0.2) is 18.2 Å². The fourth-order valence-corrected chi connectivity index (χ4v) is 1.61. The monoisotopic (exact) mass is 299 g/mol. The van der Waals surface area contributed by atoms with Gasteiger partial charge in [-0.25, -0.2) is 4.39 Å². The molecule has 0 radical (unpaired) electrons. The summed E-state index contributed by atoms with van der Waals surface area (Å²) in [6.45, 7) is -1.37. The number of halogens is 5. The van der Waals surface area contributed by atoms with Crippen LogP contribution in [0.2, 0.25) is 5.02 Å². The van der Waals surface area contributed by atoms with Gasteiger partial charge in [0.2, 0.25) is 0 Å². The van der Waals surface area contributed by atoms with Crippen molar-refractivity contribution in [3.63, 3.8) is 0 Å². The summed E-state index contributed by atoms with van der Waals surface area (Å²) in [5, 5.41) is 0.0193. The minimum atomic E-state index is -4.33. The molecule has 7 heteroatoms. The molecule has 0 amide bonds. The normalized spacial score (nSPS) is 13.6. The maximum atomic E-state index is 13.1. The number of rotatable bonds is 6. The lowest BCUT2D eigenvalue weighted by Crippen LogP contribution is -2.26. The molecule has 0 saturated heterocycles. The summed E-state index contributed by atoms with van der Waals surface area (Å²) >= 11 is 5.53. The molecule has 0 aromatic heterocycles. The van der Waals surface area contributed by atoms with Crippen LogP contribution < -0.4 is 5.73 Å². The lowest BCUT2D eigenvalue weighted by Gasteiger charge is -2.13. The molecule has 1 aromatic rings. The van der Waals surface area contributed by atoms with Crippen molar-refractivity contribution in [3.8, 4) is 0 Å². The molecule has 0 fully saturated rings. The van der Waals surface area contributed by atoms with Crippen LogP contribution >= 0.6 is 11.6 Å². The molecule has 19 heavy (non-hydrogen) atoms. The number of ether oxygens (including phenoxy) is 1. The molecule has 1 aromatic carbocycles. The number of hydrogen-bond acceptors (Lipinski definition) is 2. The van der Waals surface area contributed by atoms with Crippen LogP contribution in [0.25, 0.3) is 0 Å². The highest BCUT2D eigenvalue weighted by atomic mass is 35.5. The predicted octanol–water partition coefficient (Wildman–Crippen LogP) is 3.32. The zero-order valence-corrected chi connectivity index (χ0v) is 10.8. The van der Waals surface area contributed by atoms with Gasteiger partial charge in [-0.15, -0.1) is 0 Å². The summed E-state index contributed by atoms with van der Waals surface area (Å²) in [6.07, 6.45) is -3.72. The van der Waals surface area contributed by atoms with E-state index in [-0.39, 0.29) is 18.1 Å². The fourth-order valence-electron chi connectivity index (χ4n) is 1.49. The van der Waals surface area contributed by atoms with Gasteiger partial charge in [-0.05, 0) is 30.5 Å². The first-order valence-corrected chi connectivity index (χ1v) is 6.00. The van der Waals surface area contributed by atoms with Gasteiger partial charge in [-0.3, -0.25) is 0 Å². The van der Waals surface area contributed by atoms with Crippen molar-refractivity contribution in [3.05, 3.63) is 34.6 Å². The Morgan fingerprint density at radius 2 is 2.00 bits per heavy atom. The fraction of sp³-hybridized carbons (Fsp3) is 0.500. The standard InChI is InChI=1S/C12H14ClF4NO/c13-10-2-1-8(6-11(10)14)5-9(18)3-4-19-7-12(15,16)17/h1-2,6,9H,3-5,7,18H2. The third-order valence-electron chi connectivity index (χ3n) is 2.38. The minimum absolute atomic E-state index is 0.0193. The lowest BCUT2D eigenvalue weighted by atomic mass is 10.0. The minimum Gasteiger partial charge on any atom is -0.372 e. The first-order chi connectivity index (χ1) is 8.78. The average molecular weight is 300 g/mol. The maximum Gasteiger partial charge on any atom is 0.411 e. The molecule has 1 rings (SSSR count). The number of benzene rings is 1. The molecule has 0 saturated carbocycles. The average Bonchev–Trinajstić information content (AvgIpc) is 2.28. The predicted molar refractivity (Wildman–Crippen MR) is 64.6 cm³/mol. The molecule has 0 spiro atoms. The van der Waals surface area contributed by atoms with Crippen LogP contribution in [-0.2, 0) is 11.2 Å². The van der Waals surface area contributed by atoms with Crippen LogP contribution in [0.5, 0.6) is 0 Å². The summed E-state index contributed by atoms with van der Waals surface area (Å²) in [5.74, 6) is -0.542. The molecule has 0 aliphatic carbocycles. The first-order valence-electron chi connectivity index (χ1n) is 5.62. The van der Waals surface area contributed by atoms with Gasteiger partial charge in [0.1, 0.15) is 12.4 Å². The Bertz CT molecular complexity index is 411. The van der Waals surface area contributed by atoms with E-state index in [1.807, 2.05) is 0 Å². The zero-order valence-electron chi connectivity index (χ0n) is 10.0. The van der Waals surface area contributed by atoms with Crippen molar-refractivity contribution in [2.45, 2.75) is 25.1 Å². The van der Waals surface area contributed by atoms with E-state index in [1.54, 1.807) is 6.07 Å². The molecule has 0 bridgehead atoms. The molecule has 1 atom stereocenters. The van der Waals surface area contributed by atoms with Gasteiger partial charge in [-0.1, -0.05) is 17.7 Å². The molecule has 0 heterocycles. The van der Waals surface area contributed by atoms with Gasteiger partial charge in [-0.2, -0.15) is 13.2 Å².